The fraction of sp³-hybridized carbons (Fsp3) is 0.226. The van der Waals surface area contributed by atoms with E-state index in [1.807, 2.05) is 42.1 Å². The van der Waals surface area contributed by atoms with Crippen molar-refractivity contribution in [3.63, 3.8) is 0 Å². The van der Waals surface area contributed by atoms with Gasteiger partial charge in [-0.3, -0.25) is 9.59 Å². The van der Waals surface area contributed by atoms with Crippen LogP contribution in [0.5, 0.6) is 5.75 Å². The number of hydrogen-bond donors (Lipinski definition) is 2. The Kier molecular flexibility index (Phi) is 8.22. The van der Waals surface area contributed by atoms with Gasteiger partial charge in [-0.15, -0.1) is 0 Å². The summed E-state index contributed by atoms with van der Waals surface area (Å²) >= 11 is 5.97. The summed E-state index contributed by atoms with van der Waals surface area (Å²) < 4.78 is 8.07. The number of imidazole rings is 1. The Morgan fingerprint density at radius 3 is 2.61 bits per heavy atom. The van der Waals surface area contributed by atoms with Gasteiger partial charge in [-0.2, -0.15) is 5.26 Å². The molecule has 4 aromatic rings. The minimum Gasteiger partial charge on any atom is -0.492 e. The standard InChI is InChI=1S/C31H29ClN6O3/c1-37(28-17-35-19-38(28)18-22-7-5-21(16-33)6-8-22)27-13-14-41-29-24(27)3-2-4-25(29)31(40)36-26(30(34)39)15-20-9-11-23(32)12-10-20/h2-12,17,19,26-27H,13-15,18H2,1H3,(H2,34,39)(H,36,40)/t26-,27-/m0/s1. The number of fused-ring (bicyclic) bond motifs is 1. The number of halogens is 1. The minimum absolute atomic E-state index is 0.0797. The number of aromatic nitrogens is 2. The molecule has 5 rings (SSSR count). The van der Waals surface area contributed by atoms with E-state index in [1.165, 1.54) is 0 Å². The molecule has 0 aliphatic carbocycles. The molecular weight excluding hydrogens is 540 g/mol. The molecule has 208 valence electrons. The van der Waals surface area contributed by atoms with Crippen molar-refractivity contribution in [2.24, 2.45) is 5.73 Å². The lowest BCUT2D eigenvalue weighted by Gasteiger charge is -2.35. The minimum atomic E-state index is -0.904. The van der Waals surface area contributed by atoms with Crippen molar-refractivity contribution in [3.05, 3.63) is 112 Å². The maximum Gasteiger partial charge on any atom is 0.255 e. The number of anilines is 1. The topological polar surface area (TPSA) is 126 Å². The lowest BCUT2D eigenvalue weighted by Crippen LogP contribution is -2.46. The normalized spacial score (nSPS) is 14.7. The van der Waals surface area contributed by atoms with Gasteiger partial charge in [0.2, 0.25) is 5.91 Å². The third kappa shape index (κ3) is 6.18. The third-order valence-corrected chi connectivity index (χ3v) is 7.50. The fourth-order valence-corrected chi connectivity index (χ4v) is 5.20. The Morgan fingerprint density at radius 1 is 1.17 bits per heavy atom. The molecule has 0 fully saturated rings. The molecule has 2 amide bonds. The molecular formula is C31H29ClN6O3. The van der Waals surface area contributed by atoms with Crippen molar-refractivity contribution in [1.82, 2.24) is 14.9 Å². The molecule has 2 heterocycles. The molecule has 9 nitrogen and oxygen atoms in total. The number of nitrogens with one attached hydrogen (secondary N) is 1. The van der Waals surface area contributed by atoms with E-state index in [-0.39, 0.29) is 12.5 Å². The van der Waals surface area contributed by atoms with Crippen LogP contribution in [0.15, 0.2) is 79.3 Å². The van der Waals surface area contributed by atoms with Crippen LogP contribution in [-0.4, -0.2) is 41.1 Å². The maximum atomic E-state index is 13.4. The highest BCUT2D eigenvalue weighted by atomic mass is 35.5. The summed E-state index contributed by atoms with van der Waals surface area (Å²) in [5.41, 5.74) is 9.33. The molecule has 0 radical (unpaired) electrons. The number of rotatable bonds is 9. The smallest absolute Gasteiger partial charge is 0.255 e. The number of carbonyl (C=O) groups is 2. The first-order valence-corrected chi connectivity index (χ1v) is 13.5. The zero-order valence-electron chi connectivity index (χ0n) is 22.5. The predicted octanol–water partition coefficient (Wildman–Crippen LogP) is 4.24. The molecule has 0 unspecified atom stereocenters. The Labute approximate surface area is 243 Å². The molecule has 3 N–H and O–H groups in total. The SMILES string of the molecule is CN(c1cncn1Cc1ccc(C#N)cc1)[C@H]1CCOc2c(C(=O)N[C@@H](Cc3ccc(Cl)cc3)C(N)=O)cccc21. The molecule has 3 aromatic carbocycles. The van der Waals surface area contributed by atoms with Crippen LogP contribution in [0.2, 0.25) is 5.02 Å². The predicted molar refractivity (Wildman–Crippen MR) is 156 cm³/mol. The Hall–Kier alpha value is -4.81. The molecule has 0 spiro atoms. The fourth-order valence-electron chi connectivity index (χ4n) is 5.07. The van der Waals surface area contributed by atoms with E-state index in [2.05, 4.69) is 21.3 Å². The van der Waals surface area contributed by atoms with Gasteiger partial charge in [0.15, 0.2) is 0 Å². The van der Waals surface area contributed by atoms with E-state index in [0.717, 1.165) is 22.5 Å². The molecule has 1 aliphatic rings. The number of hydrogen-bond acceptors (Lipinski definition) is 6. The molecule has 0 saturated heterocycles. The van der Waals surface area contributed by atoms with Gasteiger partial charge in [-0.1, -0.05) is 48.0 Å². The number of amides is 2. The van der Waals surface area contributed by atoms with Gasteiger partial charge in [0.1, 0.15) is 17.6 Å². The molecule has 2 atom stereocenters. The van der Waals surface area contributed by atoms with Gasteiger partial charge in [-0.25, -0.2) is 4.98 Å². The third-order valence-electron chi connectivity index (χ3n) is 7.24. The number of ether oxygens (including phenoxy) is 1. The number of benzene rings is 3. The summed E-state index contributed by atoms with van der Waals surface area (Å²) in [4.78, 5) is 32.1. The molecule has 10 heteroatoms. The summed E-state index contributed by atoms with van der Waals surface area (Å²) in [6.07, 6.45) is 4.53. The van der Waals surface area contributed by atoms with Crippen LogP contribution in [-0.2, 0) is 17.8 Å². The van der Waals surface area contributed by atoms with Gasteiger partial charge in [0, 0.05) is 30.5 Å². The second-order valence-electron chi connectivity index (χ2n) is 9.94. The Bertz CT molecular complexity index is 1590. The van der Waals surface area contributed by atoms with Gasteiger partial charge in [0.25, 0.3) is 5.91 Å². The van der Waals surface area contributed by atoms with Gasteiger partial charge in [-0.05, 0) is 41.5 Å². The first-order valence-electron chi connectivity index (χ1n) is 13.2. The maximum absolute atomic E-state index is 13.4. The summed E-state index contributed by atoms with van der Waals surface area (Å²) in [7, 11) is 1.99. The zero-order valence-corrected chi connectivity index (χ0v) is 23.2. The van der Waals surface area contributed by atoms with Crippen LogP contribution in [0.4, 0.5) is 5.82 Å². The van der Waals surface area contributed by atoms with E-state index in [4.69, 9.17) is 27.3 Å². The molecule has 1 aliphatic heterocycles. The number of primary amides is 1. The average Bonchev–Trinajstić information content (AvgIpc) is 3.45. The van der Waals surface area contributed by atoms with Crippen LogP contribution in [0.1, 0.15) is 45.1 Å². The van der Waals surface area contributed by atoms with Crippen molar-refractivity contribution in [2.75, 3.05) is 18.6 Å². The second-order valence-corrected chi connectivity index (χ2v) is 10.4. The van der Waals surface area contributed by atoms with Crippen molar-refractivity contribution in [1.29, 1.82) is 5.26 Å². The number of nitriles is 1. The van der Waals surface area contributed by atoms with Crippen LogP contribution in [0.25, 0.3) is 0 Å². The first-order chi connectivity index (χ1) is 19.8. The lowest BCUT2D eigenvalue weighted by atomic mass is 9.95. The number of para-hydroxylation sites is 1. The van der Waals surface area contributed by atoms with Crippen LogP contribution >= 0.6 is 11.6 Å². The average molecular weight is 569 g/mol. The van der Waals surface area contributed by atoms with E-state index < -0.39 is 17.9 Å². The number of carbonyl (C=O) groups excluding carboxylic acids is 2. The Morgan fingerprint density at radius 2 is 1.90 bits per heavy atom. The van der Waals surface area contributed by atoms with Crippen LogP contribution < -0.4 is 20.7 Å². The largest absolute Gasteiger partial charge is 0.492 e. The van der Waals surface area contributed by atoms with E-state index >= 15 is 0 Å². The summed E-state index contributed by atoms with van der Waals surface area (Å²) in [5.74, 6) is 0.320. The van der Waals surface area contributed by atoms with Crippen molar-refractivity contribution < 1.29 is 14.3 Å². The number of nitrogens with zero attached hydrogens (tertiary/aromatic N) is 4. The van der Waals surface area contributed by atoms with E-state index in [9.17, 15) is 9.59 Å². The highest BCUT2D eigenvalue weighted by molar-refractivity contribution is 6.30. The molecule has 1 aromatic heterocycles. The highest BCUT2D eigenvalue weighted by Crippen LogP contribution is 2.39. The summed E-state index contributed by atoms with van der Waals surface area (Å²) in [6, 6.07) is 21.1. The van der Waals surface area contributed by atoms with Gasteiger partial charge in [0.05, 0.1) is 48.9 Å². The van der Waals surface area contributed by atoms with Crippen molar-refractivity contribution in [3.8, 4) is 11.8 Å². The molecule has 41 heavy (non-hydrogen) atoms. The molecule has 0 saturated carbocycles. The molecule has 0 bridgehead atoms. The monoisotopic (exact) mass is 568 g/mol. The summed E-state index contributed by atoms with van der Waals surface area (Å²) in [6.45, 7) is 1.01. The van der Waals surface area contributed by atoms with E-state index in [0.29, 0.717) is 41.5 Å². The lowest BCUT2D eigenvalue weighted by molar-refractivity contribution is -0.119. The van der Waals surface area contributed by atoms with E-state index in [1.54, 1.807) is 48.8 Å². The van der Waals surface area contributed by atoms with Crippen LogP contribution in [0.3, 0.4) is 0 Å². The van der Waals surface area contributed by atoms with Crippen LogP contribution in [0, 0.1) is 11.3 Å². The highest BCUT2D eigenvalue weighted by Gasteiger charge is 2.31. The van der Waals surface area contributed by atoms with Gasteiger partial charge < -0.3 is 25.3 Å². The number of nitrogens with two attached hydrogens (primary N) is 1. The Balaban J connectivity index is 1.36. The first kappa shape index (κ1) is 27.7. The van der Waals surface area contributed by atoms with Crippen molar-refractivity contribution in [2.45, 2.75) is 31.5 Å². The zero-order chi connectivity index (χ0) is 28.9. The van der Waals surface area contributed by atoms with Crippen molar-refractivity contribution >= 4 is 29.2 Å². The quantitative estimate of drug-likeness (QED) is 0.311. The summed E-state index contributed by atoms with van der Waals surface area (Å²) in [5, 5.41) is 12.5. The second kappa shape index (κ2) is 12.1. The van der Waals surface area contributed by atoms with Gasteiger partial charge >= 0.3 is 0 Å².